The Morgan fingerprint density at radius 3 is 2.68 bits per heavy atom. The largest absolute Gasteiger partial charge is 0.383 e. The second-order valence-electron chi connectivity index (χ2n) is 5.67. The fraction of sp³-hybridized carbons (Fsp3) is 0.786. The van der Waals surface area contributed by atoms with Gasteiger partial charge in [-0.05, 0) is 41.6 Å². The number of ether oxygens (including phenoxy) is 1. The Labute approximate surface area is 125 Å². The van der Waals surface area contributed by atoms with Gasteiger partial charge in [0.2, 0.25) is 0 Å². The molecule has 0 aliphatic rings. The maximum Gasteiger partial charge on any atom is 0.0738 e. The van der Waals surface area contributed by atoms with Gasteiger partial charge in [0.05, 0.1) is 22.5 Å². The van der Waals surface area contributed by atoms with Crippen molar-refractivity contribution < 1.29 is 4.74 Å². The van der Waals surface area contributed by atoms with E-state index >= 15 is 0 Å². The SMILES string of the molecule is CCn1nc(C)c(Br)c1CC(C)(C)CNCCOC. The van der Waals surface area contributed by atoms with Gasteiger partial charge in [0.25, 0.3) is 0 Å². The number of nitrogens with one attached hydrogen (secondary N) is 1. The van der Waals surface area contributed by atoms with Crippen LogP contribution in [0, 0.1) is 12.3 Å². The lowest BCUT2D eigenvalue weighted by Crippen LogP contribution is -2.33. The van der Waals surface area contributed by atoms with Crippen LogP contribution in [0.1, 0.15) is 32.2 Å². The van der Waals surface area contributed by atoms with E-state index < -0.39 is 0 Å². The summed E-state index contributed by atoms with van der Waals surface area (Å²) in [6.07, 6.45) is 1.00. The lowest BCUT2D eigenvalue weighted by molar-refractivity contribution is 0.193. The van der Waals surface area contributed by atoms with Crippen molar-refractivity contribution >= 4 is 15.9 Å². The third kappa shape index (κ3) is 4.89. The van der Waals surface area contributed by atoms with Crippen LogP contribution in [0.3, 0.4) is 0 Å². The highest BCUT2D eigenvalue weighted by atomic mass is 79.9. The summed E-state index contributed by atoms with van der Waals surface area (Å²) in [5.41, 5.74) is 2.55. The number of hydrogen-bond acceptors (Lipinski definition) is 3. The molecule has 0 spiro atoms. The molecule has 0 aromatic carbocycles. The van der Waals surface area contributed by atoms with Crippen molar-refractivity contribution in [2.45, 2.75) is 40.7 Å². The van der Waals surface area contributed by atoms with E-state index in [0.717, 1.165) is 42.8 Å². The molecule has 1 aromatic rings. The second-order valence-corrected chi connectivity index (χ2v) is 6.47. The van der Waals surface area contributed by atoms with E-state index in [9.17, 15) is 0 Å². The average molecular weight is 332 g/mol. The first kappa shape index (κ1) is 16.7. The molecule has 0 bridgehead atoms. The number of methoxy groups -OCH3 is 1. The number of nitrogens with zero attached hydrogens (tertiary/aromatic N) is 2. The summed E-state index contributed by atoms with van der Waals surface area (Å²) < 4.78 is 8.30. The van der Waals surface area contributed by atoms with Crippen LogP contribution in [0.25, 0.3) is 0 Å². The van der Waals surface area contributed by atoms with E-state index in [4.69, 9.17) is 4.74 Å². The van der Waals surface area contributed by atoms with Crippen LogP contribution in [-0.4, -0.2) is 36.6 Å². The number of hydrogen-bond donors (Lipinski definition) is 1. The highest BCUT2D eigenvalue weighted by Gasteiger charge is 2.23. The predicted molar refractivity (Wildman–Crippen MR) is 82.6 cm³/mol. The molecular weight excluding hydrogens is 306 g/mol. The average Bonchev–Trinajstić information content (AvgIpc) is 2.62. The molecule has 1 N–H and O–H groups in total. The molecule has 0 aliphatic heterocycles. The minimum absolute atomic E-state index is 0.190. The number of halogens is 1. The normalized spacial score (nSPS) is 12.1. The van der Waals surface area contributed by atoms with E-state index in [-0.39, 0.29) is 5.41 Å². The molecule has 0 saturated carbocycles. The molecule has 110 valence electrons. The van der Waals surface area contributed by atoms with Crippen LogP contribution < -0.4 is 5.32 Å². The van der Waals surface area contributed by atoms with Crippen LogP contribution >= 0.6 is 15.9 Å². The molecule has 0 atom stereocenters. The van der Waals surface area contributed by atoms with E-state index in [0.29, 0.717) is 0 Å². The Bertz CT molecular complexity index is 402. The first-order valence-electron chi connectivity index (χ1n) is 6.82. The summed E-state index contributed by atoms with van der Waals surface area (Å²) in [5, 5.41) is 7.99. The quantitative estimate of drug-likeness (QED) is 0.744. The summed E-state index contributed by atoms with van der Waals surface area (Å²) in [6, 6.07) is 0. The van der Waals surface area contributed by atoms with Gasteiger partial charge >= 0.3 is 0 Å². The van der Waals surface area contributed by atoms with Crippen LogP contribution in [0.15, 0.2) is 4.47 Å². The second kappa shape index (κ2) is 7.41. The molecule has 1 heterocycles. The molecule has 4 nitrogen and oxygen atoms in total. The van der Waals surface area contributed by atoms with E-state index in [1.807, 2.05) is 6.92 Å². The highest BCUT2D eigenvalue weighted by Crippen LogP contribution is 2.28. The van der Waals surface area contributed by atoms with Gasteiger partial charge in [0.1, 0.15) is 0 Å². The zero-order chi connectivity index (χ0) is 14.5. The molecule has 1 rings (SSSR count). The van der Waals surface area contributed by atoms with Crippen molar-refractivity contribution in [3.8, 4) is 0 Å². The molecule has 0 radical (unpaired) electrons. The monoisotopic (exact) mass is 331 g/mol. The maximum absolute atomic E-state index is 5.05. The minimum Gasteiger partial charge on any atom is -0.383 e. The van der Waals surface area contributed by atoms with Gasteiger partial charge < -0.3 is 10.1 Å². The van der Waals surface area contributed by atoms with Gasteiger partial charge in [-0.1, -0.05) is 13.8 Å². The van der Waals surface area contributed by atoms with Gasteiger partial charge in [-0.25, -0.2) is 0 Å². The third-order valence-corrected chi connectivity index (χ3v) is 4.22. The summed E-state index contributed by atoms with van der Waals surface area (Å²) in [5.74, 6) is 0. The summed E-state index contributed by atoms with van der Waals surface area (Å²) in [4.78, 5) is 0. The lowest BCUT2D eigenvalue weighted by atomic mass is 9.87. The Balaban J connectivity index is 2.66. The van der Waals surface area contributed by atoms with E-state index in [1.54, 1.807) is 7.11 Å². The summed E-state index contributed by atoms with van der Waals surface area (Å²) >= 11 is 3.66. The Hall–Kier alpha value is -0.390. The fourth-order valence-electron chi connectivity index (χ4n) is 2.15. The predicted octanol–water partition coefficient (Wildman–Crippen LogP) is 2.78. The van der Waals surface area contributed by atoms with E-state index in [2.05, 4.69) is 51.8 Å². The van der Waals surface area contributed by atoms with Gasteiger partial charge in [-0.2, -0.15) is 5.10 Å². The molecule has 0 fully saturated rings. The van der Waals surface area contributed by atoms with Crippen molar-refractivity contribution in [2.24, 2.45) is 5.41 Å². The minimum atomic E-state index is 0.190. The fourth-order valence-corrected chi connectivity index (χ4v) is 2.58. The van der Waals surface area contributed by atoms with Gasteiger partial charge in [-0.15, -0.1) is 0 Å². The van der Waals surface area contributed by atoms with Crippen molar-refractivity contribution in [2.75, 3.05) is 26.8 Å². The third-order valence-electron chi connectivity index (χ3n) is 3.19. The van der Waals surface area contributed by atoms with Crippen molar-refractivity contribution in [1.29, 1.82) is 0 Å². The Morgan fingerprint density at radius 1 is 1.42 bits per heavy atom. The number of rotatable bonds is 8. The van der Waals surface area contributed by atoms with Crippen molar-refractivity contribution in [3.05, 3.63) is 15.9 Å². The van der Waals surface area contributed by atoms with Gasteiger partial charge in [0, 0.05) is 26.7 Å². The Kier molecular flexibility index (Phi) is 6.50. The molecule has 0 aliphatic carbocycles. The first-order valence-corrected chi connectivity index (χ1v) is 7.62. The topological polar surface area (TPSA) is 39.1 Å². The summed E-state index contributed by atoms with van der Waals surface area (Å²) in [7, 11) is 1.73. The maximum atomic E-state index is 5.05. The molecule has 0 amide bonds. The van der Waals surface area contributed by atoms with Crippen LogP contribution in [0.5, 0.6) is 0 Å². The molecule has 19 heavy (non-hydrogen) atoms. The van der Waals surface area contributed by atoms with Crippen LogP contribution in [0.2, 0.25) is 0 Å². The molecular formula is C14H26BrN3O. The van der Waals surface area contributed by atoms with Gasteiger partial charge in [-0.3, -0.25) is 4.68 Å². The molecule has 0 unspecified atom stereocenters. The molecule has 5 heteroatoms. The van der Waals surface area contributed by atoms with E-state index in [1.165, 1.54) is 5.69 Å². The summed E-state index contributed by atoms with van der Waals surface area (Å²) in [6.45, 7) is 12.3. The standard InChI is InChI=1S/C14H26BrN3O/c1-6-18-12(13(15)11(2)17-18)9-14(3,4)10-16-7-8-19-5/h16H,6-10H2,1-5H3. The van der Waals surface area contributed by atoms with Gasteiger partial charge in [0.15, 0.2) is 0 Å². The highest BCUT2D eigenvalue weighted by molar-refractivity contribution is 9.10. The first-order chi connectivity index (χ1) is 8.91. The van der Waals surface area contributed by atoms with Crippen molar-refractivity contribution in [1.82, 2.24) is 15.1 Å². The smallest absolute Gasteiger partial charge is 0.0738 e. The molecule has 1 aromatic heterocycles. The number of aryl methyl sites for hydroxylation is 2. The lowest BCUT2D eigenvalue weighted by Gasteiger charge is -2.25. The van der Waals surface area contributed by atoms with Crippen LogP contribution in [-0.2, 0) is 17.7 Å². The zero-order valence-electron chi connectivity index (χ0n) is 12.7. The van der Waals surface area contributed by atoms with Crippen LogP contribution in [0.4, 0.5) is 0 Å². The Morgan fingerprint density at radius 2 is 2.11 bits per heavy atom. The number of aromatic nitrogens is 2. The molecule has 0 saturated heterocycles. The van der Waals surface area contributed by atoms with Crippen molar-refractivity contribution in [3.63, 3.8) is 0 Å². The zero-order valence-corrected chi connectivity index (χ0v) is 14.3.